The van der Waals surface area contributed by atoms with Crippen LogP contribution < -0.4 is 27.9 Å². The molecule has 0 radical (unpaired) electrons. The summed E-state index contributed by atoms with van der Waals surface area (Å²) in [5.41, 5.74) is 17.7. The van der Waals surface area contributed by atoms with Gasteiger partial charge in [-0.05, 0) is 24.3 Å². The number of rotatable bonds is 2. The second-order valence-corrected chi connectivity index (χ2v) is 4.83. The Morgan fingerprint density at radius 2 is 1.17 bits per heavy atom. The lowest BCUT2D eigenvalue weighted by Crippen LogP contribution is -2.50. The number of hydrogen-bond acceptors (Lipinski definition) is 5. The van der Waals surface area contributed by atoms with Crippen molar-refractivity contribution in [1.29, 1.82) is 0 Å². The number of nitrogens with two attached hydrogens (primary N) is 2. The summed E-state index contributed by atoms with van der Waals surface area (Å²) in [5, 5.41) is 0.210. The SMILES string of the molecule is NC(=O)c1ccc2c3c(ccc(C(N)=O)c13)C(=O)NNNC2=O. The van der Waals surface area contributed by atoms with E-state index in [1.165, 1.54) is 24.3 Å². The van der Waals surface area contributed by atoms with Gasteiger partial charge in [-0.2, -0.15) is 0 Å². The second kappa shape index (κ2) is 5.07. The van der Waals surface area contributed by atoms with Gasteiger partial charge in [0.25, 0.3) is 11.8 Å². The predicted octanol–water partition coefficient (Wildman–Crippen LogP) is -1.07. The molecule has 1 heterocycles. The van der Waals surface area contributed by atoms with Gasteiger partial charge in [-0.15, -0.1) is 5.53 Å². The highest BCUT2D eigenvalue weighted by atomic mass is 16.2. The average molecular weight is 313 g/mol. The summed E-state index contributed by atoms with van der Waals surface area (Å²) in [4.78, 5) is 47.7. The topological polar surface area (TPSA) is 156 Å². The molecule has 9 heteroatoms. The zero-order chi connectivity index (χ0) is 16.7. The highest BCUT2D eigenvalue weighted by Crippen LogP contribution is 2.30. The van der Waals surface area contributed by atoms with E-state index in [4.69, 9.17) is 11.5 Å². The van der Waals surface area contributed by atoms with Crippen LogP contribution in [0.2, 0.25) is 0 Å². The summed E-state index contributed by atoms with van der Waals surface area (Å²) in [6.45, 7) is 0. The Morgan fingerprint density at radius 3 is 1.57 bits per heavy atom. The molecule has 0 aromatic heterocycles. The maximum Gasteiger partial charge on any atom is 0.267 e. The minimum Gasteiger partial charge on any atom is -0.366 e. The van der Waals surface area contributed by atoms with Crippen molar-refractivity contribution in [3.05, 3.63) is 46.5 Å². The van der Waals surface area contributed by atoms with Crippen molar-refractivity contribution in [1.82, 2.24) is 16.4 Å². The third-order valence-electron chi connectivity index (χ3n) is 3.53. The third kappa shape index (κ3) is 2.15. The summed E-state index contributed by atoms with van der Waals surface area (Å²) in [6, 6.07) is 5.34. The van der Waals surface area contributed by atoms with Crippen molar-refractivity contribution in [3.63, 3.8) is 0 Å². The van der Waals surface area contributed by atoms with Crippen LogP contribution in [-0.2, 0) is 0 Å². The zero-order valence-corrected chi connectivity index (χ0v) is 11.6. The molecule has 0 saturated heterocycles. The molecular weight excluding hydrogens is 302 g/mol. The molecule has 3 rings (SSSR count). The number of carbonyl (C=O) groups excluding carboxylic acids is 4. The third-order valence-corrected chi connectivity index (χ3v) is 3.53. The van der Waals surface area contributed by atoms with Crippen LogP contribution in [0.15, 0.2) is 24.3 Å². The average Bonchev–Trinajstić information content (AvgIpc) is 2.50. The van der Waals surface area contributed by atoms with Crippen LogP contribution in [0.1, 0.15) is 41.4 Å². The Labute approximate surface area is 128 Å². The van der Waals surface area contributed by atoms with E-state index in [1.807, 2.05) is 0 Å². The van der Waals surface area contributed by atoms with Crippen LogP contribution >= 0.6 is 0 Å². The van der Waals surface area contributed by atoms with Crippen molar-refractivity contribution < 1.29 is 19.2 Å². The van der Waals surface area contributed by atoms with Gasteiger partial charge in [0.2, 0.25) is 11.8 Å². The van der Waals surface area contributed by atoms with E-state index in [1.54, 1.807) is 0 Å². The number of primary amides is 2. The van der Waals surface area contributed by atoms with Crippen LogP contribution in [0.3, 0.4) is 0 Å². The van der Waals surface area contributed by atoms with E-state index >= 15 is 0 Å². The fourth-order valence-corrected chi connectivity index (χ4v) is 2.56. The minimum absolute atomic E-state index is 0.00599. The molecule has 0 unspecified atom stereocenters. The first kappa shape index (κ1) is 14.5. The first-order chi connectivity index (χ1) is 10.9. The molecule has 7 N–H and O–H groups in total. The van der Waals surface area contributed by atoms with Gasteiger partial charge in [0, 0.05) is 33.0 Å². The molecule has 23 heavy (non-hydrogen) atoms. The first-order valence-corrected chi connectivity index (χ1v) is 6.47. The minimum atomic E-state index is -0.808. The number of hydrogen-bond donors (Lipinski definition) is 5. The summed E-state index contributed by atoms with van der Waals surface area (Å²) in [6.07, 6.45) is 0. The Hall–Kier alpha value is -3.46. The fraction of sp³-hybridized carbons (Fsp3) is 0. The monoisotopic (exact) mass is 313 g/mol. The lowest BCUT2D eigenvalue weighted by molar-refractivity contribution is 0.0867. The van der Waals surface area contributed by atoms with Crippen LogP contribution in [0.4, 0.5) is 0 Å². The number of benzene rings is 2. The molecule has 0 spiro atoms. The fourth-order valence-electron chi connectivity index (χ4n) is 2.56. The van der Waals surface area contributed by atoms with Crippen LogP contribution in [0, 0.1) is 0 Å². The molecule has 0 fully saturated rings. The summed E-state index contributed by atoms with van der Waals surface area (Å²) in [5.74, 6) is -2.74. The molecule has 9 nitrogen and oxygen atoms in total. The van der Waals surface area contributed by atoms with Crippen molar-refractivity contribution in [3.8, 4) is 0 Å². The molecule has 2 aromatic carbocycles. The number of nitrogens with one attached hydrogen (secondary N) is 3. The van der Waals surface area contributed by atoms with E-state index < -0.39 is 23.6 Å². The van der Waals surface area contributed by atoms with Crippen molar-refractivity contribution in [2.24, 2.45) is 11.5 Å². The van der Waals surface area contributed by atoms with Gasteiger partial charge in [-0.25, -0.2) is 0 Å². The van der Waals surface area contributed by atoms with E-state index in [2.05, 4.69) is 16.4 Å². The van der Waals surface area contributed by atoms with E-state index in [9.17, 15) is 19.2 Å². The Kier molecular flexibility index (Phi) is 3.19. The zero-order valence-electron chi connectivity index (χ0n) is 11.6. The van der Waals surface area contributed by atoms with Gasteiger partial charge in [0.15, 0.2) is 0 Å². The highest BCUT2D eigenvalue weighted by Gasteiger charge is 2.25. The highest BCUT2D eigenvalue weighted by molar-refractivity contribution is 6.24. The van der Waals surface area contributed by atoms with Crippen LogP contribution in [0.5, 0.6) is 0 Å². The molecule has 2 aromatic rings. The molecule has 1 aliphatic rings. The lowest BCUT2D eigenvalue weighted by Gasteiger charge is -2.19. The van der Waals surface area contributed by atoms with E-state index in [-0.39, 0.29) is 33.0 Å². The van der Waals surface area contributed by atoms with Crippen molar-refractivity contribution in [2.75, 3.05) is 0 Å². The molecule has 4 amide bonds. The van der Waals surface area contributed by atoms with E-state index in [0.717, 1.165) is 0 Å². The maximum absolute atomic E-state index is 12.2. The van der Waals surface area contributed by atoms with Crippen molar-refractivity contribution >= 4 is 34.4 Å². The normalized spacial score (nSPS) is 13.7. The lowest BCUT2D eigenvalue weighted by atomic mass is 9.90. The van der Waals surface area contributed by atoms with Gasteiger partial charge < -0.3 is 11.5 Å². The second-order valence-electron chi connectivity index (χ2n) is 4.83. The molecular formula is C14H11N5O4. The Bertz CT molecular complexity index is 837. The van der Waals surface area contributed by atoms with E-state index in [0.29, 0.717) is 0 Å². The Morgan fingerprint density at radius 1 is 0.739 bits per heavy atom. The van der Waals surface area contributed by atoms with Gasteiger partial charge in [-0.3, -0.25) is 30.0 Å². The molecule has 0 bridgehead atoms. The molecule has 0 atom stereocenters. The largest absolute Gasteiger partial charge is 0.366 e. The predicted molar refractivity (Wildman–Crippen MR) is 79.1 cm³/mol. The van der Waals surface area contributed by atoms with Gasteiger partial charge >= 0.3 is 0 Å². The summed E-state index contributed by atoms with van der Waals surface area (Å²) in [7, 11) is 0. The summed E-state index contributed by atoms with van der Waals surface area (Å²) >= 11 is 0. The van der Waals surface area contributed by atoms with Crippen LogP contribution in [0.25, 0.3) is 10.8 Å². The maximum atomic E-state index is 12.2. The summed E-state index contributed by atoms with van der Waals surface area (Å²) < 4.78 is 0. The van der Waals surface area contributed by atoms with Gasteiger partial charge in [0.1, 0.15) is 0 Å². The molecule has 0 saturated carbocycles. The van der Waals surface area contributed by atoms with Gasteiger partial charge in [-0.1, -0.05) is 0 Å². The van der Waals surface area contributed by atoms with Gasteiger partial charge in [0.05, 0.1) is 0 Å². The standard InChI is InChI=1S/C14H11N5O4/c15-11(20)5-1-3-7-10-8(14(23)18-19-17-13(7)22)4-2-6(9(5)10)12(16)21/h1-4,19H,(H2,15,20)(H2,16,21)(H,17,22)(H,18,23). The first-order valence-electron chi connectivity index (χ1n) is 6.47. The number of hydrazine groups is 2. The quantitative estimate of drug-likeness (QED) is 0.477. The Balaban J connectivity index is 2.57. The van der Waals surface area contributed by atoms with Crippen molar-refractivity contribution in [2.45, 2.75) is 0 Å². The number of amides is 4. The molecule has 0 aliphatic carbocycles. The smallest absolute Gasteiger partial charge is 0.267 e. The number of carbonyl (C=O) groups is 4. The molecule has 1 aliphatic heterocycles. The molecule has 116 valence electrons. The van der Waals surface area contributed by atoms with Crippen LogP contribution in [-0.4, -0.2) is 23.6 Å².